The number of aliphatic carboxylic acids is 1. The van der Waals surface area contributed by atoms with Crippen LogP contribution in [0.2, 0.25) is 0 Å². The molecule has 0 aromatic carbocycles. The van der Waals surface area contributed by atoms with Crippen molar-refractivity contribution in [2.75, 3.05) is 24.7 Å². The highest BCUT2D eigenvalue weighted by atomic mass is 32.2. The van der Waals surface area contributed by atoms with Gasteiger partial charge in [-0.1, -0.05) is 0 Å². The van der Waals surface area contributed by atoms with Gasteiger partial charge in [0.15, 0.2) is 0 Å². The molecule has 0 aliphatic carbocycles. The number of hydrogen-bond donors (Lipinski definition) is 1. The monoisotopic (exact) mass is 192 g/mol. The summed E-state index contributed by atoms with van der Waals surface area (Å²) >= 11 is 1.36. The summed E-state index contributed by atoms with van der Waals surface area (Å²) in [6.45, 7) is 0.506. The van der Waals surface area contributed by atoms with Gasteiger partial charge in [-0.3, -0.25) is 0 Å². The fourth-order valence-corrected chi connectivity index (χ4v) is 3.20. The summed E-state index contributed by atoms with van der Waals surface area (Å²) in [7, 11) is 0. The Bertz CT molecular complexity index is 229. The van der Waals surface area contributed by atoms with Crippen LogP contribution in [0.3, 0.4) is 0 Å². The first-order valence-corrected chi connectivity index (χ1v) is 4.84. The molecule has 1 N–H and O–H groups in total. The molecule has 3 nitrogen and oxygen atoms in total. The quantitative estimate of drug-likeness (QED) is 0.658. The maximum absolute atomic E-state index is 13.8. The summed E-state index contributed by atoms with van der Waals surface area (Å²) in [5.41, 5.74) is -2.79. The zero-order valence-corrected chi connectivity index (χ0v) is 7.19. The van der Waals surface area contributed by atoms with E-state index < -0.39 is 17.1 Å². The second-order valence-electron chi connectivity index (χ2n) is 3.37. The topological polar surface area (TPSA) is 46.5 Å². The van der Waals surface area contributed by atoms with E-state index in [0.717, 1.165) is 0 Å². The number of alkyl halides is 1. The summed E-state index contributed by atoms with van der Waals surface area (Å²) in [5.74, 6) is -0.711. The number of rotatable bonds is 1. The molecule has 68 valence electrons. The third-order valence-electron chi connectivity index (χ3n) is 2.62. The highest BCUT2D eigenvalue weighted by molar-refractivity contribution is 7.99. The zero-order valence-electron chi connectivity index (χ0n) is 6.38. The fourth-order valence-electron chi connectivity index (χ4n) is 1.60. The Balaban J connectivity index is 2.29. The first kappa shape index (κ1) is 8.31. The standard InChI is InChI=1S/C7H9FO3S/c8-7(5(9)10)4-12-3-6(7)1-11-2-6/h1-4H2,(H,9,10). The molecule has 2 heterocycles. The van der Waals surface area contributed by atoms with Crippen molar-refractivity contribution in [3.63, 3.8) is 0 Å². The molecule has 1 unspecified atom stereocenters. The lowest BCUT2D eigenvalue weighted by Crippen LogP contribution is -2.60. The van der Waals surface area contributed by atoms with Gasteiger partial charge in [0.25, 0.3) is 0 Å². The molecule has 0 radical (unpaired) electrons. The van der Waals surface area contributed by atoms with E-state index in [9.17, 15) is 9.18 Å². The molecule has 0 aromatic rings. The Morgan fingerprint density at radius 1 is 1.50 bits per heavy atom. The van der Waals surface area contributed by atoms with Crippen LogP contribution in [0.15, 0.2) is 0 Å². The third kappa shape index (κ3) is 0.781. The van der Waals surface area contributed by atoms with Gasteiger partial charge in [0.1, 0.15) is 0 Å². The smallest absolute Gasteiger partial charge is 0.343 e. The van der Waals surface area contributed by atoms with E-state index in [1.165, 1.54) is 11.8 Å². The molecule has 1 spiro atoms. The van der Waals surface area contributed by atoms with Gasteiger partial charge >= 0.3 is 5.97 Å². The van der Waals surface area contributed by atoms with Crippen molar-refractivity contribution < 1.29 is 19.0 Å². The van der Waals surface area contributed by atoms with Gasteiger partial charge in [-0.2, -0.15) is 11.8 Å². The van der Waals surface area contributed by atoms with E-state index in [2.05, 4.69) is 0 Å². The molecule has 2 fully saturated rings. The number of thioether (sulfide) groups is 1. The molecular formula is C7H9FO3S. The predicted octanol–water partition coefficient (Wildman–Crippen LogP) is 0.543. The second kappa shape index (κ2) is 2.35. The number of ether oxygens (including phenoxy) is 1. The van der Waals surface area contributed by atoms with E-state index >= 15 is 0 Å². The summed E-state index contributed by atoms with van der Waals surface area (Å²) in [4.78, 5) is 10.7. The fraction of sp³-hybridized carbons (Fsp3) is 0.857. The van der Waals surface area contributed by atoms with Gasteiger partial charge in [-0.15, -0.1) is 0 Å². The number of carbonyl (C=O) groups is 1. The van der Waals surface area contributed by atoms with Crippen molar-refractivity contribution in [1.29, 1.82) is 0 Å². The molecule has 5 heteroatoms. The number of carboxylic acid groups (broad SMARTS) is 1. The van der Waals surface area contributed by atoms with Crippen LogP contribution in [0.5, 0.6) is 0 Å². The Labute approximate surface area is 73.3 Å². The minimum atomic E-state index is -2.06. The van der Waals surface area contributed by atoms with Crippen LogP contribution >= 0.6 is 11.8 Å². The molecule has 0 bridgehead atoms. The van der Waals surface area contributed by atoms with Gasteiger partial charge in [0, 0.05) is 11.5 Å². The van der Waals surface area contributed by atoms with Crippen molar-refractivity contribution in [3.8, 4) is 0 Å². The van der Waals surface area contributed by atoms with E-state index in [1.807, 2.05) is 0 Å². The van der Waals surface area contributed by atoms with Gasteiger partial charge in [-0.25, -0.2) is 9.18 Å². The van der Waals surface area contributed by atoms with Crippen LogP contribution in [0.25, 0.3) is 0 Å². The van der Waals surface area contributed by atoms with Crippen LogP contribution in [0.4, 0.5) is 4.39 Å². The molecule has 2 rings (SSSR count). The van der Waals surface area contributed by atoms with Crippen molar-refractivity contribution in [1.82, 2.24) is 0 Å². The minimum absolute atomic E-state index is 0.0612. The average Bonchev–Trinajstić information content (AvgIpc) is 2.26. The second-order valence-corrected chi connectivity index (χ2v) is 4.36. The molecule has 0 aromatic heterocycles. The average molecular weight is 192 g/mol. The molecule has 2 saturated heterocycles. The van der Waals surface area contributed by atoms with E-state index in [-0.39, 0.29) is 19.0 Å². The van der Waals surface area contributed by atoms with E-state index in [1.54, 1.807) is 0 Å². The molecule has 1 atom stereocenters. The van der Waals surface area contributed by atoms with Crippen molar-refractivity contribution in [2.24, 2.45) is 5.41 Å². The highest BCUT2D eigenvalue weighted by Crippen LogP contribution is 2.51. The number of hydrogen-bond acceptors (Lipinski definition) is 3. The third-order valence-corrected chi connectivity index (χ3v) is 3.97. The Morgan fingerprint density at radius 2 is 2.17 bits per heavy atom. The zero-order chi connectivity index (χ0) is 8.82. The van der Waals surface area contributed by atoms with Crippen LogP contribution in [0, 0.1) is 5.41 Å². The summed E-state index contributed by atoms with van der Waals surface area (Å²) in [6.07, 6.45) is 0. The maximum atomic E-state index is 13.8. The first-order valence-electron chi connectivity index (χ1n) is 3.69. The van der Waals surface area contributed by atoms with Gasteiger partial charge < -0.3 is 9.84 Å². The Morgan fingerprint density at radius 3 is 2.50 bits per heavy atom. The summed E-state index contributed by atoms with van der Waals surface area (Å²) < 4.78 is 18.7. The maximum Gasteiger partial charge on any atom is 0.343 e. The van der Waals surface area contributed by atoms with Crippen molar-refractivity contribution in [3.05, 3.63) is 0 Å². The highest BCUT2D eigenvalue weighted by Gasteiger charge is 2.65. The minimum Gasteiger partial charge on any atom is -0.479 e. The predicted molar refractivity (Wildman–Crippen MR) is 42.1 cm³/mol. The largest absolute Gasteiger partial charge is 0.479 e. The lowest BCUT2D eigenvalue weighted by molar-refractivity contribution is -0.192. The summed E-state index contributed by atoms with van der Waals surface area (Å²) in [5, 5.41) is 8.73. The number of halogens is 1. The lowest BCUT2D eigenvalue weighted by Gasteiger charge is -2.43. The molecule has 2 aliphatic rings. The van der Waals surface area contributed by atoms with Crippen molar-refractivity contribution >= 4 is 17.7 Å². The van der Waals surface area contributed by atoms with Crippen LogP contribution in [-0.2, 0) is 9.53 Å². The molecule has 2 aliphatic heterocycles. The van der Waals surface area contributed by atoms with Crippen LogP contribution in [-0.4, -0.2) is 41.5 Å². The first-order chi connectivity index (χ1) is 5.61. The van der Waals surface area contributed by atoms with Crippen molar-refractivity contribution in [2.45, 2.75) is 5.67 Å². The normalized spacial score (nSPS) is 38.1. The molecule has 0 saturated carbocycles. The van der Waals surface area contributed by atoms with Crippen LogP contribution in [0.1, 0.15) is 0 Å². The van der Waals surface area contributed by atoms with Gasteiger partial charge in [-0.05, 0) is 0 Å². The molecule has 0 amide bonds. The van der Waals surface area contributed by atoms with Gasteiger partial charge in [0.05, 0.1) is 18.6 Å². The van der Waals surface area contributed by atoms with Gasteiger partial charge in [0.2, 0.25) is 5.67 Å². The molecule has 12 heavy (non-hydrogen) atoms. The molecular weight excluding hydrogens is 183 g/mol. The van der Waals surface area contributed by atoms with E-state index in [0.29, 0.717) is 5.75 Å². The Kier molecular flexibility index (Phi) is 1.63. The Hall–Kier alpha value is -0.290. The number of carboxylic acids is 1. The van der Waals surface area contributed by atoms with E-state index in [4.69, 9.17) is 9.84 Å². The SMILES string of the molecule is O=C(O)C1(F)CSCC12COC2. The summed E-state index contributed by atoms with van der Waals surface area (Å²) in [6, 6.07) is 0. The van der Waals surface area contributed by atoms with Crippen LogP contribution < -0.4 is 0 Å². The lowest BCUT2D eigenvalue weighted by atomic mass is 9.74.